The first-order valence-electron chi connectivity index (χ1n) is 5.40. The molecule has 0 aliphatic heterocycles. The van der Waals surface area contributed by atoms with Gasteiger partial charge in [0.2, 0.25) is 0 Å². The van der Waals surface area contributed by atoms with Crippen LogP contribution in [0.2, 0.25) is 0 Å². The van der Waals surface area contributed by atoms with Gasteiger partial charge in [0.25, 0.3) is 0 Å². The van der Waals surface area contributed by atoms with Gasteiger partial charge in [-0.1, -0.05) is 26.3 Å². The van der Waals surface area contributed by atoms with Crippen molar-refractivity contribution in [1.82, 2.24) is 0 Å². The highest BCUT2D eigenvalue weighted by molar-refractivity contribution is 5.48. The molecule has 0 radical (unpaired) electrons. The maximum Gasteiger partial charge on any atom is 0.387 e. The summed E-state index contributed by atoms with van der Waals surface area (Å²) in [4.78, 5) is 0. The molecule has 1 rings (SSSR count). The van der Waals surface area contributed by atoms with E-state index in [0.29, 0.717) is 5.92 Å². The third-order valence-corrected chi connectivity index (χ3v) is 2.41. The van der Waals surface area contributed by atoms with E-state index in [0.717, 1.165) is 18.7 Å². The molecule has 1 N–H and O–H groups in total. The third-order valence-electron chi connectivity index (χ3n) is 2.41. The summed E-state index contributed by atoms with van der Waals surface area (Å²) in [5.74, 6) is 0.740. The SMILES string of the molecule is CCC(C)CNc1cccc(OC(F)F)c1. The molecule has 1 aromatic rings. The number of halogens is 2. The van der Waals surface area contributed by atoms with E-state index in [1.807, 2.05) is 6.07 Å². The number of ether oxygens (including phenoxy) is 1. The first-order valence-corrected chi connectivity index (χ1v) is 5.40. The largest absolute Gasteiger partial charge is 0.435 e. The summed E-state index contributed by atoms with van der Waals surface area (Å²) in [7, 11) is 0. The van der Waals surface area contributed by atoms with Crippen molar-refractivity contribution in [2.45, 2.75) is 26.9 Å². The Bertz CT molecular complexity index is 318. The van der Waals surface area contributed by atoms with Gasteiger partial charge < -0.3 is 10.1 Å². The number of hydrogen-bond donors (Lipinski definition) is 1. The van der Waals surface area contributed by atoms with Crippen LogP contribution in [-0.4, -0.2) is 13.2 Å². The molecule has 2 nitrogen and oxygen atoms in total. The molecule has 0 bridgehead atoms. The first-order chi connectivity index (χ1) is 7.61. The monoisotopic (exact) mass is 229 g/mol. The fourth-order valence-electron chi connectivity index (χ4n) is 1.22. The molecule has 0 aliphatic rings. The molecule has 0 saturated heterocycles. The minimum Gasteiger partial charge on any atom is -0.435 e. The van der Waals surface area contributed by atoms with E-state index < -0.39 is 6.61 Å². The zero-order chi connectivity index (χ0) is 12.0. The molecular formula is C12H17F2NO. The Hall–Kier alpha value is -1.32. The van der Waals surface area contributed by atoms with Crippen molar-refractivity contribution in [2.75, 3.05) is 11.9 Å². The van der Waals surface area contributed by atoms with Crippen LogP contribution < -0.4 is 10.1 Å². The Kier molecular flexibility index (Phi) is 5.02. The maximum atomic E-state index is 12.0. The highest BCUT2D eigenvalue weighted by Gasteiger charge is 2.04. The minimum absolute atomic E-state index is 0.184. The Morgan fingerprint density at radius 3 is 2.75 bits per heavy atom. The maximum absolute atomic E-state index is 12.0. The van der Waals surface area contributed by atoms with Gasteiger partial charge in [-0.2, -0.15) is 8.78 Å². The van der Waals surface area contributed by atoms with Gasteiger partial charge in [0, 0.05) is 18.3 Å². The summed E-state index contributed by atoms with van der Waals surface area (Å²) in [6.07, 6.45) is 1.08. The molecule has 0 amide bonds. The van der Waals surface area contributed by atoms with Crippen LogP contribution >= 0.6 is 0 Å². The van der Waals surface area contributed by atoms with Gasteiger partial charge in [-0.25, -0.2) is 0 Å². The minimum atomic E-state index is -2.77. The summed E-state index contributed by atoms with van der Waals surface area (Å²) >= 11 is 0. The second-order valence-corrected chi connectivity index (χ2v) is 3.80. The van der Waals surface area contributed by atoms with Crippen LogP contribution in [0, 0.1) is 5.92 Å². The summed E-state index contributed by atoms with van der Waals surface area (Å²) in [5.41, 5.74) is 0.804. The van der Waals surface area contributed by atoms with Crippen LogP contribution in [0.1, 0.15) is 20.3 Å². The number of benzene rings is 1. The second-order valence-electron chi connectivity index (χ2n) is 3.80. The van der Waals surface area contributed by atoms with E-state index >= 15 is 0 Å². The number of hydrogen-bond acceptors (Lipinski definition) is 2. The molecule has 0 spiro atoms. The predicted octanol–water partition coefficient (Wildman–Crippen LogP) is 3.75. The molecule has 0 aromatic heterocycles. The van der Waals surface area contributed by atoms with Gasteiger partial charge in [-0.05, 0) is 18.1 Å². The molecule has 0 saturated carbocycles. The highest BCUT2D eigenvalue weighted by Crippen LogP contribution is 2.19. The lowest BCUT2D eigenvalue weighted by Gasteiger charge is -2.12. The summed E-state index contributed by atoms with van der Waals surface area (Å²) in [5, 5.41) is 3.18. The molecule has 1 atom stereocenters. The molecule has 0 fully saturated rings. The lowest BCUT2D eigenvalue weighted by atomic mass is 10.1. The lowest BCUT2D eigenvalue weighted by Crippen LogP contribution is -2.10. The van der Waals surface area contributed by atoms with E-state index in [9.17, 15) is 8.78 Å². The van der Waals surface area contributed by atoms with Gasteiger partial charge in [-0.15, -0.1) is 0 Å². The summed E-state index contributed by atoms with van der Waals surface area (Å²) < 4.78 is 28.3. The molecular weight excluding hydrogens is 212 g/mol. The summed E-state index contributed by atoms with van der Waals surface area (Å²) in [6, 6.07) is 6.62. The van der Waals surface area contributed by atoms with Gasteiger partial charge in [-0.3, -0.25) is 0 Å². The Morgan fingerprint density at radius 2 is 2.12 bits per heavy atom. The van der Waals surface area contributed by atoms with Crippen molar-refractivity contribution in [3.8, 4) is 5.75 Å². The average Bonchev–Trinajstić information content (AvgIpc) is 2.25. The van der Waals surface area contributed by atoms with E-state index in [-0.39, 0.29) is 5.75 Å². The number of nitrogens with one attached hydrogen (secondary N) is 1. The van der Waals surface area contributed by atoms with Crippen LogP contribution in [0.25, 0.3) is 0 Å². The van der Waals surface area contributed by atoms with Gasteiger partial charge >= 0.3 is 6.61 Å². The highest BCUT2D eigenvalue weighted by atomic mass is 19.3. The third kappa shape index (κ3) is 4.47. The first kappa shape index (κ1) is 12.7. The molecule has 1 unspecified atom stereocenters. The fourth-order valence-corrected chi connectivity index (χ4v) is 1.22. The van der Waals surface area contributed by atoms with Gasteiger partial charge in [0.05, 0.1) is 0 Å². The zero-order valence-electron chi connectivity index (χ0n) is 9.54. The Morgan fingerprint density at radius 1 is 1.38 bits per heavy atom. The van der Waals surface area contributed by atoms with Gasteiger partial charge in [0.1, 0.15) is 5.75 Å². The second kappa shape index (κ2) is 6.30. The van der Waals surface area contributed by atoms with E-state index in [2.05, 4.69) is 23.9 Å². The Labute approximate surface area is 94.6 Å². The van der Waals surface area contributed by atoms with Crippen molar-refractivity contribution >= 4 is 5.69 Å². The quantitative estimate of drug-likeness (QED) is 0.802. The van der Waals surface area contributed by atoms with Crippen molar-refractivity contribution in [3.05, 3.63) is 24.3 Å². The van der Waals surface area contributed by atoms with Crippen LogP contribution in [-0.2, 0) is 0 Å². The van der Waals surface area contributed by atoms with E-state index in [1.165, 1.54) is 6.07 Å². The zero-order valence-corrected chi connectivity index (χ0v) is 9.54. The molecule has 90 valence electrons. The smallest absolute Gasteiger partial charge is 0.387 e. The number of alkyl halides is 2. The van der Waals surface area contributed by atoms with E-state index in [1.54, 1.807) is 12.1 Å². The lowest BCUT2D eigenvalue weighted by molar-refractivity contribution is -0.0498. The van der Waals surface area contributed by atoms with E-state index in [4.69, 9.17) is 0 Å². The molecule has 0 aliphatic carbocycles. The predicted molar refractivity (Wildman–Crippen MR) is 61.0 cm³/mol. The Balaban J connectivity index is 2.53. The van der Waals surface area contributed by atoms with Gasteiger partial charge in [0.15, 0.2) is 0 Å². The van der Waals surface area contributed by atoms with Crippen LogP contribution in [0.3, 0.4) is 0 Å². The molecule has 4 heteroatoms. The number of rotatable bonds is 6. The van der Waals surface area contributed by atoms with Crippen LogP contribution in [0.15, 0.2) is 24.3 Å². The van der Waals surface area contributed by atoms with Crippen molar-refractivity contribution in [3.63, 3.8) is 0 Å². The van der Waals surface area contributed by atoms with Crippen molar-refractivity contribution in [2.24, 2.45) is 5.92 Å². The average molecular weight is 229 g/mol. The fraction of sp³-hybridized carbons (Fsp3) is 0.500. The normalized spacial score (nSPS) is 12.6. The molecule has 1 aromatic carbocycles. The van der Waals surface area contributed by atoms with Crippen LogP contribution in [0.4, 0.5) is 14.5 Å². The van der Waals surface area contributed by atoms with Crippen LogP contribution in [0.5, 0.6) is 5.75 Å². The van der Waals surface area contributed by atoms with Crippen molar-refractivity contribution in [1.29, 1.82) is 0 Å². The molecule has 0 heterocycles. The topological polar surface area (TPSA) is 21.3 Å². The standard InChI is InChI=1S/C12H17F2NO/c1-3-9(2)8-15-10-5-4-6-11(7-10)16-12(13)14/h4-7,9,12,15H,3,8H2,1-2H3. The molecule has 16 heavy (non-hydrogen) atoms. The number of anilines is 1. The summed E-state index contributed by atoms with van der Waals surface area (Å²) in [6.45, 7) is 2.30. The van der Waals surface area contributed by atoms with Crippen molar-refractivity contribution < 1.29 is 13.5 Å².